The van der Waals surface area contributed by atoms with Crippen molar-refractivity contribution in [1.29, 1.82) is 0 Å². The summed E-state index contributed by atoms with van der Waals surface area (Å²) in [5.74, 6) is 0.427. The molecule has 0 aliphatic carbocycles. The van der Waals surface area contributed by atoms with Crippen LogP contribution >= 0.6 is 23.1 Å². The van der Waals surface area contributed by atoms with Gasteiger partial charge in [-0.15, -0.1) is 10.2 Å². The number of rotatable bonds is 5. The normalized spacial score (nSPS) is 12.7. The Morgan fingerprint density at radius 1 is 1.26 bits per heavy atom. The molecule has 0 saturated carbocycles. The predicted octanol–water partition coefficient (Wildman–Crippen LogP) is 3.96. The van der Waals surface area contributed by atoms with Crippen molar-refractivity contribution in [2.75, 3.05) is 11.6 Å². The fraction of sp³-hybridized carbons (Fsp3) is 0.438. The summed E-state index contributed by atoms with van der Waals surface area (Å²) in [6.07, 6.45) is 1.30. The van der Waals surface area contributed by atoms with Crippen LogP contribution in [0.4, 0.5) is 5.13 Å². The number of carbonyl (C=O) groups excluding carboxylic acids is 1. The van der Waals surface area contributed by atoms with Crippen molar-refractivity contribution in [2.45, 2.75) is 43.6 Å². The monoisotopic (exact) mass is 351 g/mol. The summed E-state index contributed by atoms with van der Waals surface area (Å²) in [5.41, 5.74) is 1.31. The molecule has 1 amide bonds. The minimum Gasteiger partial charge on any atom is -0.481 e. The first-order valence-corrected chi connectivity index (χ1v) is 9.29. The highest BCUT2D eigenvalue weighted by Gasteiger charge is 2.18. The zero-order valence-corrected chi connectivity index (χ0v) is 15.5. The Kier molecular flexibility index (Phi) is 5.64. The molecule has 5 nitrogen and oxygen atoms in total. The number of thioether (sulfide) groups is 1. The maximum atomic E-state index is 12.1. The van der Waals surface area contributed by atoms with Crippen LogP contribution < -0.4 is 10.1 Å². The minimum atomic E-state index is -0.614. The van der Waals surface area contributed by atoms with Crippen molar-refractivity contribution >= 4 is 34.1 Å². The van der Waals surface area contributed by atoms with E-state index in [1.54, 1.807) is 6.92 Å². The molecule has 1 atom stereocenters. The molecular formula is C16H21N3O2S2. The van der Waals surface area contributed by atoms with E-state index in [4.69, 9.17) is 4.74 Å². The van der Waals surface area contributed by atoms with Crippen LogP contribution in [0.1, 0.15) is 33.3 Å². The van der Waals surface area contributed by atoms with Crippen molar-refractivity contribution < 1.29 is 9.53 Å². The van der Waals surface area contributed by atoms with Crippen LogP contribution in [0.5, 0.6) is 5.75 Å². The second-order valence-electron chi connectivity index (χ2n) is 6.10. The molecule has 124 valence electrons. The third-order valence-corrected chi connectivity index (χ3v) is 5.03. The number of benzene rings is 1. The van der Waals surface area contributed by atoms with E-state index in [0.29, 0.717) is 10.9 Å². The van der Waals surface area contributed by atoms with Gasteiger partial charge in [-0.2, -0.15) is 0 Å². The molecule has 0 radical (unpaired) electrons. The summed E-state index contributed by atoms with van der Waals surface area (Å²) in [7, 11) is 0. The van der Waals surface area contributed by atoms with Gasteiger partial charge in [-0.1, -0.05) is 56.0 Å². The number of hydrogen-bond donors (Lipinski definition) is 1. The molecular weight excluding hydrogens is 330 g/mol. The van der Waals surface area contributed by atoms with Gasteiger partial charge in [0.2, 0.25) is 5.13 Å². The smallest absolute Gasteiger partial charge is 0.266 e. The zero-order chi connectivity index (χ0) is 17.0. The summed E-state index contributed by atoms with van der Waals surface area (Å²) >= 11 is 2.84. The summed E-state index contributed by atoms with van der Waals surface area (Å²) in [5, 5.41) is 11.1. The predicted molar refractivity (Wildman–Crippen MR) is 95.6 cm³/mol. The molecule has 0 unspecified atom stereocenters. The molecule has 2 aromatic rings. The SMILES string of the molecule is CSc1nnc(NC(=O)[C@@H](C)Oc2ccc(C(C)(C)C)cc2)s1. The molecule has 0 bridgehead atoms. The van der Waals surface area contributed by atoms with Crippen LogP contribution in [-0.4, -0.2) is 28.5 Å². The van der Waals surface area contributed by atoms with Gasteiger partial charge in [0.15, 0.2) is 10.4 Å². The molecule has 2 rings (SSSR count). The first-order valence-electron chi connectivity index (χ1n) is 7.25. The highest BCUT2D eigenvalue weighted by atomic mass is 32.2. The van der Waals surface area contributed by atoms with Crippen molar-refractivity contribution in [3.63, 3.8) is 0 Å². The van der Waals surface area contributed by atoms with Crippen LogP contribution in [0.2, 0.25) is 0 Å². The van der Waals surface area contributed by atoms with Crippen LogP contribution in [-0.2, 0) is 10.2 Å². The first-order chi connectivity index (χ1) is 10.8. The molecule has 0 fully saturated rings. The molecule has 1 heterocycles. The van der Waals surface area contributed by atoms with Crippen molar-refractivity contribution in [3.8, 4) is 5.75 Å². The second-order valence-corrected chi connectivity index (χ2v) is 8.13. The number of carbonyl (C=O) groups is 1. The lowest BCUT2D eigenvalue weighted by molar-refractivity contribution is -0.122. The lowest BCUT2D eigenvalue weighted by Crippen LogP contribution is -2.30. The third-order valence-electron chi connectivity index (χ3n) is 3.21. The number of ether oxygens (including phenoxy) is 1. The third kappa shape index (κ3) is 4.94. The largest absolute Gasteiger partial charge is 0.481 e. The molecule has 7 heteroatoms. The number of anilines is 1. The lowest BCUT2D eigenvalue weighted by Gasteiger charge is -2.20. The maximum Gasteiger partial charge on any atom is 0.266 e. The molecule has 0 aliphatic rings. The number of nitrogens with one attached hydrogen (secondary N) is 1. The Morgan fingerprint density at radius 2 is 1.91 bits per heavy atom. The van der Waals surface area contributed by atoms with E-state index in [0.717, 1.165) is 4.34 Å². The van der Waals surface area contributed by atoms with Gasteiger partial charge < -0.3 is 4.74 Å². The van der Waals surface area contributed by atoms with Gasteiger partial charge in [-0.25, -0.2) is 0 Å². The Balaban J connectivity index is 1.95. The van der Waals surface area contributed by atoms with E-state index >= 15 is 0 Å². The van der Waals surface area contributed by atoms with Gasteiger partial charge in [0.05, 0.1) is 0 Å². The molecule has 23 heavy (non-hydrogen) atoms. The van der Waals surface area contributed by atoms with Gasteiger partial charge in [0.25, 0.3) is 5.91 Å². The summed E-state index contributed by atoms with van der Waals surface area (Å²) in [6, 6.07) is 7.83. The van der Waals surface area contributed by atoms with Gasteiger partial charge in [0.1, 0.15) is 5.75 Å². The Bertz CT molecular complexity index is 663. The van der Waals surface area contributed by atoms with Crippen molar-refractivity contribution in [3.05, 3.63) is 29.8 Å². The second kappa shape index (κ2) is 7.31. The van der Waals surface area contributed by atoms with Gasteiger partial charge in [0, 0.05) is 0 Å². The van der Waals surface area contributed by atoms with Gasteiger partial charge in [-0.05, 0) is 36.3 Å². The van der Waals surface area contributed by atoms with Crippen molar-refractivity contribution in [2.24, 2.45) is 0 Å². The van der Waals surface area contributed by atoms with Crippen LogP contribution in [0.25, 0.3) is 0 Å². The van der Waals surface area contributed by atoms with E-state index in [-0.39, 0.29) is 11.3 Å². The zero-order valence-electron chi connectivity index (χ0n) is 13.9. The van der Waals surface area contributed by atoms with E-state index in [1.807, 2.05) is 30.5 Å². The van der Waals surface area contributed by atoms with Crippen LogP contribution in [0.3, 0.4) is 0 Å². The highest BCUT2D eigenvalue weighted by molar-refractivity contribution is 8.00. The van der Waals surface area contributed by atoms with Crippen LogP contribution in [0, 0.1) is 0 Å². The van der Waals surface area contributed by atoms with Crippen LogP contribution in [0.15, 0.2) is 28.6 Å². The fourth-order valence-corrected chi connectivity index (χ4v) is 3.01. The number of amides is 1. The summed E-state index contributed by atoms with van der Waals surface area (Å²) in [4.78, 5) is 12.1. The summed E-state index contributed by atoms with van der Waals surface area (Å²) in [6.45, 7) is 8.18. The minimum absolute atomic E-state index is 0.0916. The molecule has 0 saturated heterocycles. The van der Waals surface area contributed by atoms with E-state index in [2.05, 4.69) is 36.3 Å². The average molecular weight is 351 g/mol. The molecule has 1 aromatic carbocycles. The van der Waals surface area contributed by atoms with Crippen molar-refractivity contribution in [1.82, 2.24) is 10.2 Å². The standard InChI is InChI=1S/C16H21N3O2S2/c1-10(13(20)17-14-18-19-15(22-5)23-14)21-12-8-6-11(7-9-12)16(2,3)4/h6-10H,1-5H3,(H,17,18,20)/t10-/m1/s1. The average Bonchev–Trinajstić information content (AvgIpc) is 2.94. The molecule has 0 spiro atoms. The summed E-state index contributed by atoms with van der Waals surface area (Å²) < 4.78 is 6.50. The Hall–Kier alpha value is -1.60. The number of nitrogens with zero attached hydrogens (tertiary/aromatic N) is 2. The maximum absolute atomic E-state index is 12.1. The van der Waals surface area contributed by atoms with E-state index < -0.39 is 6.10 Å². The quantitative estimate of drug-likeness (QED) is 0.652. The topological polar surface area (TPSA) is 64.1 Å². The molecule has 1 N–H and O–H groups in total. The van der Waals surface area contributed by atoms with E-state index in [1.165, 1.54) is 28.7 Å². The van der Waals surface area contributed by atoms with Gasteiger partial charge in [-0.3, -0.25) is 10.1 Å². The van der Waals surface area contributed by atoms with Gasteiger partial charge >= 0.3 is 0 Å². The number of hydrogen-bond acceptors (Lipinski definition) is 6. The lowest BCUT2D eigenvalue weighted by atomic mass is 9.87. The Morgan fingerprint density at radius 3 is 2.43 bits per heavy atom. The first kappa shape index (κ1) is 17.7. The van der Waals surface area contributed by atoms with E-state index in [9.17, 15) is 4.79 Å². The Labute approximate surface area is 144 Å². The molecule has 1 aromatic heterocycles. The fourth-order valence-electron chi connectivity index (χ4n) is 1.84. The highest BCUT2D eigenvalue weighted by Crippen LogP contribution is 2.25. The number of aromatic nitrogens is 2. The molecule has 0 aliphatic heterocycles.